The molecule has 5 nitrogen and oxygen atoms in total. The second kappa shape index (κ2) is 10.3. The van der Waals surface area contributed by atoms with Crippen molar-refractivity contribution < 1.29 is 19.1 Å². The number of rotatable bonds is 5. The van der Waals surface area contributed by atoms with Crippen LogP contribution in [0.5, 0.6) is 0 Å². The van der Waals surface area contributed by atoms with E-state index in [1.807, 2.05) is 6.92 Å². The predicted molar refractivity (Wildman–Crippen MR) is 131 cm³/mol. The van der Waals surface area contributed by atoms with Crippen LogP contribution in [-0.2, 0) is 4.79 Å². The van der Waals surface area contributed by atoms with E-state index in [4.69, 9.17) is 0 Å². The van der Waals surface area contributed by atoms with Crippen molar-refractivity contribution in [2.75, 3.05) is 0 Å². The maximum Gasteiger partial charge on any atom is 0.251 e. The first-order chi connectivity index (χ1) is 16.2. The maximum atomic E-state index is 13.2. The van der Waals surface area contributed by atoms with Crippen LogP contribution in [0.1, 0.15) is 88.9 Å². The van der Waals surface area contributed by atoms with Crippen molar-refractivity contribution in [1.29, 1.82) is 0 Å². The van der Waals surface area contributed by atoms with Crippen LogP contribution < -0.4 is 10.6 Å². The zero-order chi connectivity index (χ0) is 24.5. The summed E-state index contributed by atoms with van der Waals surface area (Å²) in [5, 5.41) is 18.0. The van der Waals surface area contributed by atoms with Gasteiger partial charge in [-0.15, -0.1) is 0 Å². The molecule has 1 aromatic rings. The van der Waals surface area contributed by atoms with Crippen molar-refractivity contribution >= 4 is 11.8 Å². The number of hydrogen-bond donors (Lipinski definition) is 3. The summed E-state index contributed by atoms with van der Waals surface area (Å²) in [7, 11) is 0. The van der Waals surface area contributed by atoms with Crippen LogP contribution in [0.25, 0.3) is 0 Å². The Kier molecular flexibility index (Phi) is 7.66. The summed E-state index contributed by atoms with van der Waals surface area (Å²) in [6.45, 7) is 6.35. The zero-order valence-corrected chi connectivity index (χ0v) is 20.9. The van der Waals surface area contributed by atoms with E-state index >= 15 is 0 Å². The molecule has 3 fully saturated rings. The highest BCUT2D eigenvalue weighted by atomic mass is 19.1. The topological polar surface area (TPSA) is 78.4 Å². The number of aliphatic hydroxyl groups is 1. The van der Waals surface area contributed by atoms with Crippen molar-refractivity contribution in [1.82, 2.24) is 10.6 Å². The molecule has 2 amide bonds. The van der Waals surface area contributed by atoms with E-state index in [1.54, 1.807) is 0 Å². The molecule has 6 heteroatoms. The summed E-state index contributed by atoms with van der Waals surface area (Å²) in [4.78, 5) is 25.9. The normalized spacial score (nSPS) is 35.1. The minimum Gasteiger partial charge on any atom is -0.392 e. The van der Waals surface area contributed by atoms with E-state index in [9.17, 15) is 19.1 Å². The molecule has 1 aromatic carbocycles. The molecule has 7 atom stereocenters. The number of carbonyl (C=O) groups is 2. The van der Waals surface area contributed by atoms with Gasteiger partial charge < -0.3 is 15.7 Å². The minimum absolute atomic E-state index is 0.00595. The molecule has 3 saturated carbocycles. The van der Waals surface area contributed by atoms with Gasteiger partial charge in [-0.2, -0.15) is 0 Å². The van der Waals surface area contributed by atoms with Crippen molar-refractivity contribution in [3.63, 3.8) is 0 Å². The highest BCUT2D eigenvalue weighted by molar-refractivity contribution is 5.94. The van der Waals surface area contributed by atoms with E-state index in [2.05, 4.69) is 24.5 Å². The lowest BCUT2D eigenvalue weighted by Crippen LogP contribution is -2.58. The molecular weight excluding hydrogens is 431 g/mol. The Bertz CT molecular complexity index is 869. The number of carbonyl (C=O) groups excluding carboxylic acids is 2. The lowest BCUT2D eigenvalue weighted by Gasteiger charge is -2.56. The Morgan fingerprint density at radius 2 is 1.68 bits per heavy atom. The lowest BCUT2D eigenvalue weighted by atomic mass is 9.51. The SMILES string of the molecule is C[C@H]1[C@@H]2[C@@H](O)[C@H]([C@H](C)C(=O)NC3CCCCC3)CC[C@@]2(C)CC[C@@H]1NC(=O)c1ccc(F)cc1. The van der Waals surface area contributed by atoms with E-state index in [1.165, 1.54) is 43.5 Å². The molecule has 0 spiro atoms. The number of aliphatic hydroxyl groups excluding tert-OH is 1. The van der Waals surface area contributed by atoms with Crippen molar-refractivity contribution in [2.24, 2.45) is 29.1 Å². The number of amides is 2. The summed E-state index contributed by atoms with van der Waals surface area (Å²) in [5.74, 6) is -0.709. The van der Waals surface area contributed by atoms with Gasteiger partial charge >= 0.3 is 0 Å². The number of halogens is 1. The van der Waals surface area contributed by atoms with E-state index in [0.717, 1.165) is 38.5 Å². The largest absolute Gasteiger partial charge is 0.392 e. The average molecular weight is 473 g/mol. The Hall–Kier alpha value is -1.95. The first-order valence-corrected chi connectivity index (χ1v) is 13.2. The van der Waals surface area contributed by atoms with E-state index < -0.39 is 6.10 Å². The standard InChI is InChI=1S/C28H41FN2O3/c1-17(26(33)30-21-7-5-4-6-8-21)22-13-15-28(3)16-14-23(18(2)24(28)25(22)32)31-27(34)19-9-11-20(29)12-10-19/h9-12,17-18,21-25,32H,4-8,13-16H2,1-3H3,(H,30,33)(H,31,34)/t17-,18+,22-,23-,24+,25-,28-/m0/s1. The molecule has 4 rings (SSSR count). The monoisotopic (exact) mass is 472 g/mol. The fourth-order valence-corrected chi connectivity index (χ4v) is 7.12. The van der Waals surface area contributed by atoms with Crippen LogP contribution in [0.3, 0.4) is 0 Å². The lowest BCUT2D eigenvalue weighted by molar-refractivity contribution is -0.142. The van der Waals surface area contributed by atoms with Crippen LogP contribution in [0.4, 0.5) is 4.39 Å². The number of benzene rings is 1. The summed E-state index contributed by atoms with van der Waals surface area (Å²) in [6.07, 6.45) is 8.77. The molecular formula is C28H41FN2O3. The molecule has 0 radical (unpaired) electrons. The summed E-state index contributed by atoms with van der Waals surface area (Å²) in [5.41, 5.74) is 0.448. The van der Waals surface area contributed by atoms with Gasteiger partial charge in [-0.05, 0) is 86.0 Å². The smallest absolute Gasteiger partial charge is 0.251 e. The average Bonchev–Trinajstić information content (AvgIpc) is 2.81. The molecule has 3 aliphatic rings. The second-order valence-corrected chi connectivity index (χ2v) is 11.5. The Labute approximate surface area is 203 Å². The predicted octanol–water partition coefficient (Wildman–Crippen LogP) is 4.83. The Balaban J connectivity index is 1.43. The van der Waals surface area contributed by atoms with Crippen LogP contribution in [0, 0.1) is 34.9 Å². The van der Waals surface area contributed by atoms with Crippen LogP contribution in [-0.4, -0.2) is 35.1 Å². The minimum atomic E-state index is -0.577. The van der Waals surface area contributed by atoms with Gasteiger partial charge in [0.15, 0.2) is 0 Å². The van der Waals surface area contributed by atoms with Gasteiger partial charge in [-0.25, -0.2) is 4.39 Å². The van der Waals surface area contributed by atoms with Gasteiger partial charge in [0.2, 0.25) is 5.91 Å². The van der Waals surface area contributed by atoms with Gasteiger partial charge in [-0.3, -0.25) is 9.59 Å². The van der Waals surface area contributed by atoms with Crippen LogP contribution in [0.2, 0.25) is 0 Å². The van der Waals surface area contributed by atoms with Gasteiger partial charge in [0.05, 0.1) is 6.10 Å². The molecule has 3 aliphatic carbocycles. The first kappa shape index (κ1) is 25.2. The molecule has 0 aromatic heterocycles. The summed E-state index contributed by atoms with van der Waals surface area (Å²) >= 11 is 0. The zero-order valence-electron chi connectivity index (χ0n) is 20.9. The molecule has 0 heterocycles. The fourth-order valence-electron chi connectivity index (χ4n) is 7.12. The van der Waals surface area contributed by atoms with Crippen molar-refractivity contribution in [3.05, 3.63) is 35.6 Å². The molecule has 0 saturated heterocycles. The van der Waals surface area contributed by atoms with Crippen LogP contribution in [0.15, 0.2) is 24.3 Å². The third-order valence-corrected chi connectivity index (χ3v) is 9.32. The highest BCUT2D eigenvalue weighted by Gasteiger charge is 2.54. The quantitative estimate of drug-likeness (QED) is 0.574. The fraction of sp³-hybridized carbons (Fsp3) is 0.714. The van der Waals surface area contributed by atoms with Crippen LogP contribution >= 0.6 is 0 Å². The molecule has 0 bridgehead atoms. The molecule has 0 aliphatic heterocycles. The van der Waals surface area contributed by atoms with Gasteiger partial charge in [0, 0.05) is 23.6 Å². The maximum absolute atomic E-state index is 13.2. The number of fused-ring (bicyclic) bond motifs is 1. The summed E-state index contributed by atoms with van der Waals surface area (Å²) < 4.78 is 13.2. The number of hydrogen-bond acceptors (Lipinski definition) is 3. The molecule has 188 valence electrons. The van der Waals surface area contributed by atoms with E-state index in [-0.39, 0.29) is 58.8 Å². The van der Waals surface area contributed by atoms with Crippen molar-refractivity contribution in [2.45, 2.75) is 96.7 Å². The Morgan fingerprint density at radius 1 is 1.03 bits per heavy atom. The molecule has 0 unspecified atom stereocenters. The van der Waals surface area contributed by atoms with Crippen molar-refractivity contribution in [3.8, 4) is 0 Å². The molecule has 3 N–H and O–H groups in total. The van der Waals surface area contributed by atoms with Gasteiger partial charge in [0.1, 0.15) is 5.82 Å². The van der Waals surface area contributed by atoms with Gasteiger partial charge in [0.25, 0.3) is 5.91 Å². The summed E-state index contributed by atoms with van der Waals surface area (Å²) in [6, 6.07) is 5.81. The third-order valence-electron chi connectivity index (χ3n) is 9.32. The third kappa shape index (κ3) is 5.17. The number of nitrogens with one attached hydrogen (secondary N) is 2. The highest BCUT2D eigenvalue weighted by Crippen LogP contribution is 2.55. The molecule has 34 heavy (non-hydrogen) atoms. The van der Waals surface area contributed by atoms with E-state index in [0.29, 0.717) is 5.56 Å². The van der Waals surface area contributed by atoms with Gasteiger partial charge in [-0.1, -0.05) is 40.0 Å². The first-order valence-electron chi connectivity index (χ1n) is 13.2. The second-order valence-electron chi connectivity index (χ2n) is 11.5. The Morgan fingerprint density at radius 3 is 2.35 bits per heavy atom.